The Morgan fingerprint density at radius 1 is 1.48 bits per heavy atom. The molecule has 3 aromatic heterocycles. The molecule has 0 aromatic carbocycles. The third-order valence-electron chi connectivity index (χ3n) is 4.55. The second kappa shape index (κ2) is 6.80. The third kappa shape index (κ3) is 3.06. The lowest BCUT2D eigenvalue weighted by Crippen LogP contribution is -2.08. The number of carbonyl (C=O) groups is 1. The maximum Gasteiger partial charge on any atom is 0.341 e. The molecular weight excluding hydrogens is 356 g/mol. The van der Waals surface area contributed by atoms with E-state index in [0.717, 1.165) is 28.6 Å². The number of rotatable bonds is 4. The van der Waals surface area contributed by atoms with Gasteiger partial charge < -0.3 is 9.15 Å². The average molecular weight is 374 g/mol. The molecule has 1 aliphatic carbocycles. The lowest BCUT2D eigenvalue weighted by atomic mass is 9.89. The Balaban J connectivity index is 1.64. The summed E-state index contributed by atoms with van der Waals surface area (Å²) in [6.45, 7) is 2.31. The van der Waals surface area contributed by atoms with Crippen molar-refractivity contribution >= 4 is 39.3 Å². The van der Waals surface area contributed by atoms with Crippen molar-refractivity contribution < 1.29 is 13.9 Å². The average Bonchev–Trinajstić information content (AvgIpc) is 3.22. The van der Waals surface area contributed by atoms with Crippen LogP contribution in [-0.2, 0) is 23.3 Å². The fraction of sp³-hybridized carbons (Fsp3) is 0.389. The number of fused-ring (bicyclic) bond motifs is 3. The second-order valence-electron chi connectivity index (χ2n) is 6.25. The first-order valence-corrected chi connectivity index (χ1v) is 10.00. The van der Waals surface area contributed by atoms with E-state index in [1.807, 2.05) is 0 Å². The molecule has 3 heterocycles. The van der Waals surface area contributed by atoms with Crippen LogP contribution in [0.15, 0.2) is 28.1 Å². The molecule has 0 bridgehead atoms. The van der Waals surface area contributed by atoms with Gasteiger partial charge >= 0.3 is 5.97 Å². The number of hydrogen-bond acceptors (Lipinski definition) is 7. The topological polar surface area (TPSA) is 65.2 Å². The molecule has 0 unspecified atom stereocenters. The van der Waals surface area contributed by atoms with E-state index in [-0.39, 0.29) is 5.97 Å². The molecule has 0 saturated heterocycles. The third-order valence-corrected chi connectivity index (χ3v) is 6.70. The van der Waals surface area contributed by atoms with Crippen LogP contribution in [0.2, 0.25) is 0 Å². The largest absolute Gasteiger partial charge is 0.468 e. The number of aryl methyl sites for hydroxylation is 1. The molecule has 130 valence electrons. The lowest BCUT2D eigenvalue weighted by molar-refractivity contribution is 0.0598. The predicted octanol–water partition coefficient (Wildman–Crippen LogP) is 4.49. The summed E-state index contributed by atoms with van der Waals surface area (Å²) in [6, 6.07) is 1.64. The molecule has 3 aromatic rings. The zero-order chi connectivity index (χ0) is 17.4. The number of ether oxygens (including phenoxy) is 1. The van der Waals surface area contributed by atoms with Gasteiger partial charge in [0.25, 0.3) is 0 Å². The molecule has 1 atom stereocenters. The number of aromatic nitrogens is 2. The second-order valence-corrected chi connectivity index (χ2v) is 8.30. The van der Waals surface area contributed by atoms with E-state index < -0.39 is 0 Å². The summed E-state index contributed by atoms with van der Waals surface area (Å²) in [5.74, 6) is 1.50. The van der Waals surface area contributed by atoms with E-state index in [0.29, 0.717) is 17.1 Å². The highest BCUT2D eigenvalue weighted by Crippen LogP contribution is 2.41. The standard InChI is InChI=1S/C18H18N2O3S2/c1-10-3-4-12-14(7-10)25-17-15(12)16(19-9-20-17)24-8-13-11(5-6-23-13)18(21)22-2/h5-6,9-10H,3-4,7-8H2,1-2H3/t10-/m0/s1. The molecule has 0 spiro atoms. The minimum atomic E-state index is -0.376. The Morgan fingerprint density at radius 3 is 3.20 bits per heavy atom. The van der Waals surface area contributed by atoms with Gasteiger partial charge in [0.15, 0.2) is 0 Å². The summed E-state index contributed by atoms with van der Waals surface area (Å²) in [7, 11) is 1.37. The quantitative estimate of drug-likeness (QED) is 0.381. The fourth-order valence-corrected chi connectivity index (χ4v) is 5.63. The zero-order valence-corrected chi connectivity index (χ0v) is 15.7. The molecule has 1 aliphatic rings. The maximum atomic E-state index is 11.8. The smallest absolute Gasteiger partial charge is 0.341 e. The molecule has 0 saturated carbocycles. The highest BCUT2D eigenvalue weighted by atomic mass is 32.2. The molecule has 0 N–H and O–H groups in total. The molecule has 7 heteroatoms. The van der Waals surface area contributed by atoms with Crippen molar-refractivity contribution in [2.75, 3.05) is 7.11 Å². The lowest BCUT2D eigenvalue weighted by Gasteiger charge is -2.18. The highest BCUT2D eigenvalue weighted by molar-refractivity contribution is 7.98. The highest BCUT2D eigenvalue weighted by Gasteiger charge is 2.23. The van der Waals surface area contributed by atoms with Gasteiger partial charge in [0, 0.05) is 10.3 Å². The predicted molar refractivity (Wildman–Crippen MR) is 98.2 cm³/mol. The zero-order valence-electron chi connectivity index (χ0n) is 14.1. The van der Waals surface area contributed by atoms with Crippen LogP contribution in [0.25, 0.3) is 10.2 Å². The Hall–Kier alpha value is -1.86. The number of esters is 1. The van der Waals surface area contributed by atoms with Crippen LogP contribution in [0.1, 0.15) is 39.9 Å². The van der Waals surface area contributed by atoms with Crippen LogP contribution in [0.4, 0.5) is 0 Å². The van der Waals surface area contributed by atoms with Gasteiger partial charge in [0.1, 0.15) is 27.5 Å². The van der Waals surface area contributed by atoms with Gasteiger partial charge in [0.05, 0.1) is 19.1 Å². The number of furan rings is 1. The molecular formula is C18H18N2O3S2. The molecule has 0 radical (unpaired) electrons. The van der Waals surface area contributed by atoms with Gasteiger partial charge in [-0.05, 0) is 36.8 Å². The molecule has 4 rings (SSSR count). The van der Waals surface area contributed by atoms with Crippen LogP contribution in [0.3, 0.4) is 0 Å². The SMILES string of the molecule is COC(=O)c1ccoc1CSc1ncnc2sc3c(c12)CC[C@H](C)C3. The monoisotopic (exact) mass is 374 g/mol. The van der Waals surface area contributed by atoms with E-state index in [1.54, 1.807) is 35.5 Å². The van der Waals surface area contributed by atoms with Crippen LogP contribution >= 0.6 is 23.1 Å². The van der Waals surface area contributed by atoms with Crippen molar-refractivity contribution in [3.8, 4) is 0 Å². The fourth-order valence-electron chi connectivity index (χ4n) is 3.23. The Bertz CT molecular complexity index is 932. The van der Waals surface area contributed by atoms with Crippen molar-refractivity contribution in [2.45, 2.75) is 37.0 Å². The van der Waals surface area contributed by atoms with Crippen LogP contribution < -0.4 is 0 Å². The molecule has 0 aliphatic heterocycles. The van der Waals surface area contributed by atoms with Gasteiger partial charge in [-0.1, -0.05) is 18.7 Å². The Kier molecular flexibility index (Phi) is 4.52. The number of hydrogen-bond donors (Lipinski definition) is 0. The summed E-state index contributed by atoms with van der Waals surface area (Å²) >= 11 is 3.37. The van der Waals surface area contributed by atoms with E-state index in [2.05, 4.69) is 16.9 Å². The number of thiophene rings is 1. The maximum absolute atomic E-state index is 11.8. The summed E-state index contributed by atoms with van der Waals surface area (Å²) in [5, 5.41) is 2.15. The Morgan fingerprint density at radius 2 is 2.36 bits per heavy atom. The van der Waals surface area contributed by atoms with Gasteiger partial charge in [0.2, 0.25) is 0 Å². The van der Waals surface area contributed by atoms with Crippen molar-refractivity contribution in [3.63, 3.8) is 0 Å². The number of thioether (sulfide) groups is 1. The number of nitrogens with zero attached hydrogens (tertiary/aromatic N) is 2. The minimum absolute atomic E-state index is 0.376. The first-order valence-electron chi connectivity index (χ1n) is 8.20. The van der Waals surface area contributed by atoms with E-state index in [9.17, 15) is 4.79 Å². The van der Waals surface area contributed by atoms with E-state index in [4.69, 9.17) is 9.15 Å². The van der Waals surface area contributed by atoms with Gasteiger partial charge in [-0.25, -0.2) is 14.8 Å². The Labute approximate surface area is 153 Å². The van der Waals surface area contributed by atoms with Crippen molar-refractivity contribution in [1.82, 2.24) is 9.97 Å². The van der Waals surface area contributed by atoms with Gasteiger partial charge in [-0.15, -0.1) is 11.3 Å². The molecule has 0 amide bonds. The summed E-state index contributed by atoms with van der Waals surface area (Å²) in [5.41, 5.74) is 1.88. The summed E-state index contributed by atoms with van der Waals surface area (Å²) < 4.78 is 10.3. The summed E-state index contributed by atoms with van der Waals surface area (Å²) in [4.78, 5) is 23.3. The molecule has 5 nitrogen and oxygen atoms in total. The number of carbonyl (C=O) groups excluding carboxylic acids is 1. The minimum Gasteiger partial charge on any atom is -0.468 e. The van der Waals surface area contributed by atoms with Crippen LogP contribution in [0.5, 0.6) is 0 Å². The van der Waals surface area contributed by atoms with Crippen LogP contribution in [-0.4, -0.2) is 23.0 Å². The van der Waals surface area contributed by atoms with Crippen LogP contribution in [0, 0.1) is 5.92 Å². The van der Waals surface area contributed by atoms with E-state index >= 15 is 0 Å². The normalized spacial score (nSPS) is 16.8. The number of methoxy groups -OCH3 is 1. The van der Waals surface area contributed by atoms with Gasteiger partial charge in [-0.3, -0.25) is 0 Å². The van der Waals surface area contributed by atoms with Crippen molar-refractivity contribution in [2.24, 2.45) is 5.92 Å². The van der Waals surface area contributed by atoms with Gasteiger partial charge in [-0.2, -0.15) is 0 Å². The summed E-state index contributed by atoms with van der Waals surface area (Å²) in [6.07, 6.45) is 6.57. The van der Waals surface area contributed by atoms with Crippen molar-refractivity contribution in [1.29, 1.82) is 0 Å². The van der Waals surface area contributed by atoms with E-state index in [1.165, 1.54) is 35.6 Å². The first-order chi connectivity index (χ1) is 12.2. The molecule has 0 fully saturated rings. The van der Waals surface area contributed by atoms with Crippen molar-refractivity contribution in [3.05, 3.63) is 40.4 Å². The first kappa shape index (κ1) is 16.6. The molecule has 25 heavy (non-hydrogen) atoms.